The van der Waals surface area contributed by atoms with Crippen LogP contribution in [0, 0.1) is 0 Å². The maximum atomic E-state index is 12.7. The fourth-order valence-electron chi connectivity index (χ4n) is 4.16. The number of nitrogens with zero attached hydrogens (tertiary/aromatic N) is 3. The Morgan fingerprint density at radius 2 is 2.09 bits per heavy atom. The summed E-state index contributed by atoms with van der Waals surface area (Å²) in [6.45, 7) is 2.12. The first-order chi connectivity index (χ1) is 16.1. The number of ether oxygens (including phenoxy) is 2. The van der Waals surface area contributed by atoms with E-state index in [1.165, 1.54) is 0 Å². The Morgan fingerprint density at radius 1 is 1.21 bits per heavy atom. The van der Waals surface area contributed by atoms with Crippen molar-refractivity contribution in [3.8, 4) is 11.5 Å². The highest BCUT2D eigenvalue weighted by Gasteiger charge is 2.32. The quantitative estimate of drug-likeness (QED) is 0.511. The molecule has 2 amide bonds. The molecule has 3 aromatic rings. The Balaban J connectivity index is 1.36. The summed E-state index contributed by atoms with van der Waals surface area (Å²) < 4.78 is 12.9. The number of hydrogen-bond acceptors (Lipinski definition) is 6. The van der Waals surface area contributed by atoms with Gasteiger partial charge < -0.3 is 24.5 Å². The molecule has 33 heavy (non-hydrogen) atoms. The van der Waals surface area contributed by atoms with Crippen LogP contribution in [0.4, 0.5) is 0 Å². The zero-order valence-electron chi connectivity index (χ0n) is 18.9. The number of nitrogens with one attached hydrogen (secondary N) is 2. The van der Waals surface area contributed by atoms with Crippen molar-refractivity contribution in [2.45, 2.75) is 25.4 Å². The topological polar surface area (TPSA) is 97.2 Å². The van der Waals surface area contributed by atoms with Gasteiger partial charge in [-0.1, -0.05) is 18.2 Å². The summed E-state index contributed by atoms with van der Waals surface area (Å²) in [7, 11) is 3.19. The lowest BCUT2D eigenvalue weighted by Crippen LogP contribution is -2.56. The molecular weight excluding hydrogens is 422 g/mol. The molecular formula is C24H29N5O4. The molecule has 1 aromatic carbocycles. The van der Waals surface area contributed by atoms with Crippen LogP contribution in [-0.4, -0.2) is 66.0 Å². The number of pyridine rings is 1. The SMILES string of the molecule is COc1cccc(CN2CCNC(=O)[C@@H]2CC(=O)NCCc2cn3ccccc3n2)c1OC. The zero-order chi connectivity index (χ0) is 23.2. The molecule has 3 heterocycles. The van der Waals surface area contributed by atoms with Crippen LogP contribution < -0.4 is 20.1 Å². The van der Waals surface area contributed by atoms with Crippen molar-refractivity contribution in [1.82, 2.24) is 24.9 Å². The summed E-state index contributed by atoms with van der Waals surface area (Å²) in [5.74, 6) is 0.973. The minimum atomic E-state index is -0.551. The van der Waals surface area contributed by atoms with Gasteiger partial charge in [-0.2, -0.15) is 0 Å². The molecule has 1 atom stereocenters. The lowest BCUT2D eigenvalue weighted by Gasteiger charge is -2.35. The number of amides is 2. The first-order valence-electron chi connectivity index (χ1n) is 11.0. The van der Waals surface area contributed by atoms with Crippen LogP contribution in [0.2, 0.25) is 0 Å². The standard InChI is InChI=1S/C24H29N5O4/c1-32-20-7-5-6-17(23(20)33-2)15-28-13-11-26-24(31)19(28)14-22(30)25-10-9-18-16-29-12-4-3-8-21(29)27-18/h3-8,12,16,19H,9-11,13-15H2,1-2H3,(H,25,30)(H,26,31)/t19-/m0/s1. The minimum Gasteiger partial charge on any atom is -0.493 e. The summed E-state index contributed by atoms with van der Waals surface area (Å²) >= 11 is 0. The van der Waals surface area contributed by atoms with E-state index in [2.05, 4.69) is 15.6 Å². The predicted octanol–water partition coefficient (Wildman–Crippen LogP) is 1.40. The van der Waals surface area contributed by atoms with E-state index in [1.807, 2.05) is 58.1 Å². The molecule has 1 aliphatic heterocycles. The molecule has 0 saturated carbocycles. The maximum absolute atomic E-state index is 12.7. The molecule has 0 bridgehead atoms. The second-order valence-electron chi connectivity index (χ2n) is 7.93. The molecule has 0 aliphatic carbocycles. The summed E-state index contributed by atoms with van der Waals surface area (Å²) in [5.41, 5.74) is 2.69. The van der Waals surface area contributed by atoms with Gasteiger partial charge in [-0.15, -0.1) is 0 Å². The van der Waals surface area contributed by atoms with E-state index in [4.69, 9.17) is 9.47 Å². The van der Waals surface area contributed by atoms with E-state index in [-0.39, 0.29) is 18.2 Å². The third kappa shape index (κ3) is 5.25. The number of para-hydroxylation sites is 1. The van der Waals surface area contributed by atoms with Gasteiger partial charge in [-0.3, -0.25) is 14.5 Å². The van der Waals surface area contributed by atoms with E-state index in [9.17, 15) is 9.59 Å². The molecule has 2 aromatic heterocycles. The van der Waals surface area contributed by atoms with Crippen molar-refractivity contribution in [3.05, 3.63) is 60.0 Å². The Morgan fingerprint density at radius 3 is 2.88 bits per heavy atom. The molecule has 9 nitrogen and oxygen atoms in total. The summed E-state index contributed by atoms with van der Waals surface area (Å²) in [4.78, 5) is 31.8. The van der Waals surface area contributed by atoms with E-state index in [0.717, 1.165) is 16.9 Å². The molecule has 4 rings (SSSR count). The molecule has 0 radical (unpaired) electrons. The first-order valence-corrected chi connectivity index (χ1v) is 11.0. The van der Waals surface area contributed by atoms with Crippen molar-refractivity contribution < 1.29 is 19.1 Å². The Kier molecular flexibility index (Phi) is 7.09. The van der Waals surface area contributed by atoms with Crippen LogP contribution in [0.15, 0.2) is 48.8 Å². The van der Waals surface area contributed by atoms with Gasteiger partial charge in [0, 0.05) is 50.6 Å². The average Bonchev–Trinajstić information content (AvgIpc) is 3.24. The smallest absolute Gasteiger partial charge is 0.237 e. The number of fused-ring (bicyclic) bond motifs is 1. The van der Waals surface area contributed by atoms with Crippen molar-refractivity contribution in [1.29, 1.82) is 0 Å². The second kappa shape index (κ2) is 10.4. The highest BCUT2D eigenvalue weighted by molar-refractivity contribution is 5.88. The van der Waals surface area contributed by atoms with Crippen LogP contribution in [0.25, 0.3) is 5.65 Å². The Labute approximate surface area is 192 Å². The van der Waals surface area contributed by atoms with Crippen LogP contribution in [-0.2, 0) is 22.6 Å². The number of imidazole rings is 1. The number of benzene rings is 1. The van der Waals surface area contributed by atoms with Crippen molar-refractivity contribution in [2.24, 2.45) is 0 Å². The van der Waals surface area contributed by atoms with E-state index >= 15 is 0 Å². The monoisotopic (exact) mass is 451 g/mol. The van der Waals surface area contributed by atoms with Gasteiger partial charge in [0.05, 0.1) is 32.4 Å². The van der Waals surface area contributed by atoms with E-state index in [1.54, 1.807) is 14.2 Å². The van der Waals surface area contributed by atoms with Crippen molar-refractivity contribution >= 4 is 17.5 Å². The van der Waals surface area contributed by atoms with Crippen LogP contribution >= 0.6 is 0 Å². The number of hydrogen-bond donors (Lipinski definition) is 2. The van der Waals surface area contributed by atoms with Gasteiger partial charge >= 0.3 is 0 Å². The number of carbonyl (C=O) groups excluding carboxylic acids is 2. The first kappa shape index (κ1) is 22.6. The third-order valence-electron chi connectivity index (χ3n) is 5.80. The molecule has 0 unspecified atom stereocenters. The van der Waals surface area contributed by atoms with Crippen LogP contribution in [0.5, 0.6) is 11.5 Å². The Hall–Kier alpha value is -3.59. The molecule has 1 saturated heterocycles. The number of piperazine rings is 1. The lowest BCUT2D eigenvalue weighted by atomic mass is 10.1. The predicted molar refractivity (Wildman–Crippen MR) is 123 cm³/mol. The van der Waals surface area contributed by atoms with Gasteiger partial charge in [0.2, 0.25) is 11.8 Å². The lowest BCUT2D eigenvalue weighted by molar-refractivity contribution is -0.134. The summed E-state index contributed by atoms with van der Waals surface area (Å²) in [6.07, 6.45) is 4.61. The highest BCUT2D eigenvalue weighted by Crippen LogP contribution is 2.32. The van der Waals surface area contributed by atoms with Crippen molar-refractivity contribution in [2.75, 3.05) is 33.9 Å². The Bertz CT molecular complexity index is 1100. The van der Waals surface area contributed by atoms with Gasteiger partial charge in [-0.25, -0.2) is 4.98 Å². The maximum Gasteiger partial charge on any atom is 0.237 e. The van der Waals surface area contributed by atoms with Crippen LogP contribution in [0.1, 0.15) is 17.7 Å². The van der Waals surface area contributed by atoms with Gasteiger partial charge in [0.15, 0.2) is 11.5 Å². The fourth-order valence-corrected chi connectivity index (χ4v) is 4.16. The fraction of sp³-hybridized carbons (Fsp3) is 0.375. The number of rotatable bonds is 9. The second-order valence-corrected chi connectivity index (χ2v) is 7.93. The zero-order valence-corrected chi connectivity index (χ0v) is 18.9. The van der Waals surface area contributed by atoms with Gasteiger partial charge in [0.1, 0.15) is 5.65 Å². The molecule has 2 N–H and O–H groups in total. The van der Waals surface area contributed by atoms with Gasteiger partial charge in [-0.05, 0) is 18.2 Å². The van der Waals surface area contributed by atoms with Crippen molar-refractivity contribution in [3.63, 3.8) is 0 Å². The number of aromatic nitrogens is 2. The van der Waals surface area contributed by atoms with Crippen LogP contribution in [0.3, 0.4) is 0 Å². The molecule has 1 fully saturated rings. The highest BCUT2D eigenvalue weighted by atomic mass is 16.5. The normalized spacial score (nSPS) is 16.4. The van der Waals surface area contributed by atoms with E-state index in [0.29, 0.717) is 44.1 Å². The van der Waals surface area contributed by atoms with Gasteiger partial charge in [0.25, 0.3) is 0 Å². The number of carbonyl (C=O) groups is 2. The number of methoxy groups -OCH3 is 2. The minimum absolute atomic E-state index is 0.0866. The summed E-state index contributed by atoms with van der Waals surface area (Å²) in [5, 5.41) is 5.80. The average molecular weight is 452 g/mol. The molecule has 1 aliphatic rings. The molecule has 0 spiro atoms. The molecule has 174 valence electrons. The summed E-state index contributed by atoms with van der Waals surface area (Å²) in [6, 6.07) is 10.9. The third-order valence-corrected chi connectivity index (χ3v) is 5.80. The largest absolute Gasteiger partial charge is 0.493 e. The van der Waals surface area contributed by atoms with E-state index < -0.39 is 6.04 Å². The molecule has 9 heteroatoms.